The molecule has 1 aromatic carbocycles. The lowest BCUT2D eigenvalue weighted by atomic mass is 10.2. The molecule has 0 aromatic heterocycles. The first-order valence-corrected chi connectivity index (χ1v) is 7.20. The highest BCUT2D eigenvalue weighted by Gasteiger charge is 2.14. The molecule has 0 heterocycles. The second kappa shape index (κ2) is 6.01. The van der Waals surface area contributed by atoms with Crippen molar-refractivity contribution in [2.75, 3.05) is 12.3 Å². The molecule has 0 aliphatic rings. The number of sulfone groups is 1. The van der Waals surface area contributed by atoms with Crippen LogP contribution in [-0.4, -0.2) is 26.0 Å². The van der Waals surface area contributed by atoms with Gasteiger partial charge in [0, 0.05) is 13.1 Å². The Morgan fingerprint density at radius 2 is 1.81 bits per heavy atom. The zero-order valence-electron chi connectivity index (χ0n) is 9.81. The molecule has 0 unspecified atom stereocenters. The third kappa shape index (κ3) is 4.33. The summed E-state index contributed by atoms with van der Waals surface area (Å²) in [6, 6.07) is 9.95. The van der Waals surface area contributed by atoms with Crippen molar-refractivity contribution in [1.29, 1.82) is 0 Å². The molecule has 0 radical (unpaired) electrons. The molecule has 1 rings (SSSR count). The lowest BCUT2D eigenvalue weighted by molar-refractivity contribution is 0.582. The average molecular weight is 241 g/mol. The Kier molecular flexibility index (Phi) is 4.96. The number of benzene rings is 1. The Hall–Kier alpha value is -0.870. The van der Waals surface area contributed by atoms with Gasteiger partial charge in [0.25, 0.3) is 0 Å². The second-order valence-corrected chi connectivity index (χ2v) is 6.75. The van der Waals surface area contributed by atoms with Gasteiger partial charge >= 0.3 is 0 Å². The minimum atomic E-state index is -2.92. The third-order valence-corrected chi connectivity index (χ3v) is 4.66. The lowest BCUT2D eigenvalue weighted by Crippen LogP contribution is -2.26. The summed E-state index contributed by atoms with van der Waals surface area (Å²) in [5.41, 5.74) is 1.17. The van der Waals surface area contributed by atoms with Gasteiger partial charge in [0.05, 0.1) is 11.0 Å². The van der Waals surface area contributed by atoms with Crippen LogP contribution in [0.1, 0.15) is 19.4 Å². The molecule has 3 nitrogen and oxygen atoms in total. The van der Waals surface area contributed by atoms with E-state index >= 15 is 0 Å². The summed E-state index contributed by atoms with van der Waals surface area (Å²) in [6.07, 6.45) is 0. The third-order valence-electron chi connectivity index (χ3n) is 2.45. The summed E-state index contributed by atoms with van der Waals surface area (Å²) >= 11 is 0. The van der Waals surface area contributed by atoms with Crippen molar-refractivity contribution >= 4 is 9.84 Å². The van der Waals surface area contributed by atoms with Gasteiger partial charge in [-0.3, -0.25) is 0 Å². The molecule has 0 fully saturated rings. The van der Waals surface area contributed by atoms with E-state index in [1.54, 1.807) is 13.8 Å². The number of hydrogen-bond donors (Lipinski definition) is 1. The second-order valence-electron chi connectivity index (χ2n) is 4.08. The van der Waals surface area contributed by atoms with Crippen LogP contribution in [0.2, 0.25) is 0 Å². The first-order valence-electron chi connectivity index (χ1n) is 5.48. The molecule has 0 spiro atoms. The Labute approximate surface area is 97.8 Å². The van der Waals surface area contributed by atoms with E-state index < -0.39 is 9.84 Å². The summed E-state index contributed by atoms with van der Waals surface area (Å²) in [7, 11) is -2.92. The smallest absolute Gasteiger partial charge is 0.153 e. The van der Waals surface area contributed by atoms with Crippen LogP contribution in [-0.2, 0) is 16.4 Å². The lowest BCUT2D eigenvalue weighted by Gasteiger charge is -2.08. The Morgan fingerprint density at radius 3 is 2.38 bits per heavy atom. The maximum Gasteiger partial charge on any atom is 0.153 e. The Morgan fingerprint density at radius 1 is 1.19 bits per heavy atom. The van der Waals surface area contributed by atoms with Crippen molar-refractivity contribution in [3.05, 3.63) is 35.9 Å². The Bertz CT molecular complexity index is 398. The van der Waals surface area contributed by atoms with Crippen LogP contribution in [0.25, 0.3) is 0 Å². The molecular formula is C12H19NO2S. The molecule has 0 bridgehead atoms. The average Bonchev–Trinajstić information content (AvgIpc) is 2.26. The molecule has 0 aliphatic carbocycles. The van der Waals surface area contributed by atoms with Gasteiger partial charge in [-0.05, 0) is 19.4 Å². The van der Waals surface area contributed by atoms with Gasteiger partial charge in [-0.25, -0.2) is 8.42 Å². The minimum absolute atomic E-state index is 0.206. The molecule has 0 aliphatic heterocycles. The zero-order valence-corrected chi connectivity index (χ0v) is 10.6. The topological polar surface area (TPSA) is 46.2 Å². The fourth-order valence-electron chi connectivity index (χ4n) is 1.28. The quantitative estimate of drug-likeness (QED) is 0.770. The number of rotatable bonds is 6. The zero-order chi connectivity index (χ0) is 12.0. The van der Waals surface area contributed by atoms with Crippen LogP contribution in [0.4, 0.5) is 0 Å². The maximum absolute atomic E-state index is 11.5. The van der Waals surface area contributed by atoms with Crippen LogP contribution in [0, 0.1) is 0 Å². The molecule has 0 saturated heterocycles. The molecule has 90 valence electrons. The number of nitrogens with one attached hydrogen (secondary N) is 1. The molecule has 0 amide bonds. The van der Waals surface area contributed by atoms with E-state index in [9.17, 15) is 8.42 Å². The van der Waals surface area contributed by atoms with Crippen LogP contribution in [0.15, 0.2) is 30.3 Å². The van der Waals surface area contributed by atoms with E-state index in [4.69, 9.17) is 0 Å². The van der Waals surface area contributed by atoms with E-state index in [-0.39, 0.29) is 11.0 Å². The van der Waals surface area contributed by atoms with Crippen molar-refractivity contribution in [1.82, 2.24) is 5.32 Å². The molecule has 4 heteroatoms. The van der Waals surface area contributed by atoms with Crippen molar-refractivity contribution in [2.24, 2.45) is 0 Å². The van der Waals surface area contributed by atoms with E-state index in [1.807, 2.05) is 30.3 Å². The SMILES string of the molecule is CC(C)S(=O)(=O)CCNCc1ccccc1. The van der Waals surface area contributed by atoms with Gasteiger partial charge in [-0.1, -0.05) is 30.3 Å². The first kappa shape index (κ1) is 13.2. The summed E-state index contributed by atoms with van der Waals surface area (Å²) in [5.74, 6) is 0.206. The van der Waals surface area contributed by atoms with E-state index in [0.717, 1.165) is 0 Å². The van der Waals surface area contributed by atoms with Crippen molar-refractivity contribution in [3.63, 3.8) is 0 Å². The first-order chi connectivity index (χ1) is 7.52. The minimum Gasteiger partial charge on any atom is -0.312 e. The van der Waals surface area contributed by atoms with Gasteiger partial charge in [0.1, 0.15) is 0 Å². The highest BCUT2D eigenvalue weighted by atomic mass is 32.2. The summed E-state index contributed by atoms with van der Waals surface area (Å²) < 4.78 is 23.0. The van der Waals surface area contributed by atoms with Crippen molar-refractivity contribution < 1.29 is 8.42 Å². The largest absolute Gasteiger partial charge is 0.312 e. The standard InChI is InChI=1S/C12H19NO2S/c1-11(2)16(14,15)9-8-13-10-12-6-4-3-5-7-12/h3-7,11,13H,8-10H2,1-2H3. The highest BCUT2D eigenvalue weighted by Crippen LogP contribution is 2.00. The van der Waals surface area contributed by atoms with Crippen LogP contribution < -0.4 is 5.32 Å². The van der Waals surface area contributed by atoms with E-state index in [2.05, 4.69) is 5.32 Å². The summed E-state index contributed by atoms with van der Waals surface area (Å²) in [5, 5.41) is 2.85. The van der Waals surface area contributed by atoms with Crippen LogP contribution >= 0.6 is 0 Å². The summed E-state index contributed by atoms with van der Waals surface area (Å²) in [6.45, 7) is 4.66. The molecule has 0 atom stereocenters. The van der Waals surface area contributed by atoms with Crippen LogP contribution in [0.3, 0.4) is 0 Å². The fourth-order valence-corrected chi connectivity index (χ4v) is 2.18. The summed E-state index contributed by atoms with van der Waals surface area (Å²) in [4.78, 5) is 0. The van der Waals surface area contributed by atoms with Crippen molar-refractivity contribution in [3.8, 4) is 0 Å². The predicted molar refractivity (Wildman–Crippen MR) is 67.1 cm³/mol. The van der Waals surface area contributed by atoms with Crippen LogP contribution in [0.5, 0.6) is 0 Å². The van der Waals surface area contributed by atoms with Crippen molar-refractivity contribution in [2.45, 2.75) is 25.6 Å². The predicted octanol–water partition coefficient (Wildman–Crippen LogP) is 1.60. The van der Waals surface area contributed by atoms with E-state index in [1.165, 1.54) is 5.56 Å². The van der Waals surface area contributed by atoms with E-state index in [0.29, 0.717) is 13.1 Å². The van der Waals surface area contributed by atoms with Gasteiger partial charge in [0.15, 0.2) is 9.84 Å². The molecular weight excluding hydrogens is 222 g/mol. The molecule has 0 saturated carbocycles. The number of hydrogen-bond acceptors (Lipinski definition) is 3. The van der Waals surface area contributed by atoms with Gasteiger partial charge in [-0.15, -0.1) is 0 Å². The van der Waals surface area contributed by atoms with Gasteiger partial charge in [0.2, 0.25) is 0 Å². The monoisotopic (exact) mass is 241 g/mol. The highest BCUT2D eigenvalue weighted by molar-refractivity contribution is 7.92. The normalized spacial score (nSPS) is 11.9. The Balaban J connectivity index is 2.28. The van der Waals surface area contributed by atoms with Gasteiger partial charge < -0.3 is 5.32 Å². The fraction of sp³-hybridized carbons (Fsp3) is 0.500. The maximum atomic E-state index is 11.5. The molecule has 16 heavy (non-hydrogen) atoms. The molecule has 1 aromatic rings. The molecule has 1 N–H and O–H groups in total. The van der Waals surface area contributed by atoms with Gasteiger partial charge in [-0.2, -0.15) is 0 Å².